The van der Waals surface area contributed by atoms with E-state index in [2.05, 4.69) is 0 Å². The lowest BCUT2D eigenvalue weighted by Crippen LogP contribution is -1.89. The maximum absolute atomic E-state index is 10.8. The molecule has 2 rings (SSSR count). The Balaban J connectivity index is 2.51. The molecule has 1 N–H and O–H groups in total. The predicted molar refractivity (Wildman–Crippen MR) is 70.2 cm³/mol. The minimum atomic E-state index is -0.0000789. The van der Waals surface area contributed by atoms with Crippen molar-refractivity contribution in [1.29, 1.82) is 0 Å². The number of rotatable bonds is 3. The van der Waals surface area contributed by atoms with Crippen LogP contribution in [0.25, 0.3) is 11.1 Å². The van der Waals surface area contributed by atoms with Crippen LogP contribution in [0.4, 0.5) is 0 Å². The van der Waals surface area contributed by atoms with Gasteiger partial charge in [-0.2, -0.15) is 0 Å². The first-order valence-electron chi connectivity index (χ1n) is 5.59. The fraction of sp³-hybridized carbons (Fsp3) is 0.133. The van der Waals surface area contributed by atoms with Gasteiger partial charge in [0.1, 0.15) is 11.5 Å². The van der Waals surface area contributed by atoms with Crippen molar-refractivity contribution in [2.45, 2.75) is 6.92 Å². The summed E-state index contributed by atoms with van der Waals surface area (Å²) in [6, 6.07) is 10.7. The van der Waals surface area contributed by atoms with Crippen LogP contribution in [0.5, 0.6) is 11.5 Å². The standard InChI is InChI=1S/C15H14O3/c1-10-7-13(18-2)4-5-14(10)11-3-6-15(17)12(8-11)9-16/h3-9,17H,1-2H3. The summed E-state index contributed by atoms with van der Waals surface area (Å²) < 4.78 is 5.15. The van der Waals surface area contributed by atoms with Gasteiger partial charge in [0.15, 0.2) is 6.29 Å². The van der Waals surface area contributed by atoms with Gasteiger partial charge < -0.3 is 9.84 Å². The second-order valence-corrected chi connectivity index (χ2v) is 4.07. The minimum Gasteiger partial charge on any atom is -0.507 e. The van der Waals surface area contributed by atoms with E-state index in [9.17, 15) is 9.90 Å². The molecule has 0 aliphatic rings. The summed E-state index contributed by atoms with van der Waals surface area (Å²) in [4.78, 5) is 10.8. The highest BCUT2D eigenvalue weighted by Crippen LogP contribution is 2.29. The number of hydrogen-bond acceptors (Lipinski definition) is 3. The molecule has 0 aliphatic heterocycles. The predicted octanol–water partition coefficient (Wildman–Crippen LogP) is 3.19. The molecule has 0 spiro atoms. The zero-order valence-corrected chi connectivity index (χ0v) is 10.3. The van der Waals surface area contributed by atoms with Crippen LogP contribution in [0.1, 0.15) is 15.9 Å². The van der Waals surface area contributed by atoms with E-state index in [1.807, 2.05) is 25.1 Å². The first kappa shape index (κ1) is 12.2. The first-order valence-corrected chi connectivity index (χ1v) is 5.59. The highest BCUT2D eigenvalue weighted by molar-refractivity contribution is 5.83. The van der Waals surface area contributed by atoms with Gasteiger partial charge in [-0.1, -0.05) is 12.1 Å². The monoisotopic (exact) mass is 242 g/mol. The third-order valence-electron chi connectivity index (χ3n) is 2.90. The van der Waals surface area contributed by atoms with Gasteiger partial charge in [-0.3, -0.25) is 4.79 Å². The maximum atomic E-state index is 10.8. The number of phenols is 1. The molecule has 2 aromatic rings. The molecule has 92 valence electrons. The molecular weight excluding hydrogens is 228 g/mol. The van der Waals surface area contributed by atoms with Crippen LogP contribution in [0.2, 0.25) is 0 Å². The van der Waals surface area contributed by atoms with Gasteiger partial charge in [0.2, 0.25) is 0 Å². The summed E-state index contributed by atoms with van der Waals surface area (Å²) in [6.45, 7) is 1.98. The minimum absolute atomic E-state index is 0.0000789. The van der Waals surface area contributed by atoms with E-state index >= 15 is 0 Å². The van der Waals surface area contributed by atoms with Crippen LogP contribution in [0.3, 0.4) is 0 Å². The fourth-order valence-electron chi connectivity index (χ4n) is 1.90. The molecule has 0 radical (unpaired) electrons. The zero-order chi connectivity index (χ0) is 13.1. The summed E-state index contributed by atoms with van der Waals surface area (Å²) in [7, 11) is 1.62. The smallest absolute Gasteiger partial charge is 0.153 e. The van der Waals surface area contributed by atoms with E-state index in [0.717, 1.165) is 22.4 Å². The Morgan fingerprint density at radius 2 is 1.94 bits per heavy atom. The number of carbonyl (C=O) groups excluding carboxylic acids is 1. The number of phenolic OH excluding ortho intramolecular Hbond substituents is 1. The average molecular weight is 242 g/mol. The number of benzene rings is 2. The van der Waals surface area contributed by atoms with Gasteiger partial charge in [-0.25, -0.2) is 0 Å². The molecule has 3 heteroatoms. The SMILES string of the molecule is COc1ccc(-c2ccc(O)c(C=O)c2)c(C)c1. The highest BCUT2D eigenvalue weighted by Gasteiger charge is 2.06. The molecule has 0 unspecified atom stereocenters. The van der Waals surface area contributed by atoms with Gasteiger partial charge in [0.05, 0.1) is 12.7 Å². The van der Waals surface area contributed by atoms with E-state index in [1.165, 1.54) is 6.07 Å². The van der Waals surface area contributed by atoms with Gasteiger partial charge in [-0.15, -0.1) is 0 Å². The molecular formula is C15H14O3. The van der Waals surface area contributed by atoms with Crippen LogP contribution in [-0.2, 0) is 0 Å². The quantitative estimate of drug-likeness (QED) is 0.841. The molecule has 2 aromatic carbocycles. The fourth-order valence-corrected chi connectivity index (χ4v) is 1.90. The van der Waals surface area contributed by atoms with Crippen molar-refractivity contribution in [3.63, 3.8) is 0 Å². The molecule has 0 atom stereocenters. The van der Waals surface area contributed by atoms with Gasteiger partial charge >= 0.3 is 0 Å². The molecule has 0 saturated heterocycles. The molecule has 0 aliphatic carbocycles. The van der Waals surface area contributed by atoms with Crippen LogP contribution < -0.4 is 4.74 Å². The van der Waals surface area contributed by atoms with Crippen molar-refractivity contribution in [3.8, 4) is 22.6 Å². The lowest BCUT2D eigenvalue weighted by atomic mass is 9.98. The summed E-state index contributed by atoms with van der Waals surface area (Å²) in [5, 5.41) is 9.48. The molecule has 0 heterocycles. The Hall–Kier alpha value is -2.29. The molecule has 0 fully saturated rings. The van der Waals surface area contributed by atoms with Gasteiger partial charge in [0, 0.05) is 0 Å². The molecule has 0 bridgehead atoms. The normalized spacial score (nSPS) is 10.1. The van der Waals surface area contributed by atoms with Crippen LogP contribution in [0, 0.1) is 6.92 Å². The summed E-state index contributed by atoms with van der Waals surface area (Å²) in [5.74, 6) is 0.797. The van der Waals surface area contributed by atoms with Crippen molar-refractivity contribution < 1.29 is 14.6 Å². The molecule has 0 saturated carbocycles. The second-order valence-electron chi connectivity index (χ2n) is 4.07. The topological polar surface area (TPSA) is 46.5 Å². The average Bonchev–Trinajstić information content (AvgIpc) is 2.39. The van der Waals surface area contributed by atoms with Crippen molar-refractivity contribution in [2.24, 2.45) is 0 Å². The second kappa shape index (κ2) is 4.92. The Kier molecular flexibility index (Phi) is 3.33. The molecule has 0 aromatic heterocycles. The third kappa shape index (κ3) is 2.20. The van der Waals surface area contributed by atoms with E-state index in [0.29, 0.717) is 11.8 Å². The van der Waals surface area contributed by atoms with E-state index in [1.54, 1.807) is 19.2 Å². The molecule has 18 heavy (non-hydrogen) atoms. The van der Waals surface area contributed by atoms with Gasteiger partial charge in [-0.05, 0) is 47.9 Å². The van der Waals surface area contributed by atoms with E-state index in [4.69, 9.17) is 4.74 Å². The number of aldehydes is 1. The van der Waals surface area contributed by atoms with Gasteiger partial charge in [0.25, 0.3) is 0 Å². The maximum Gasteiger partial charge on any atom is 0.153 e. The lowest BCUT2D eigenvalue weighted by Gasteiger charge is -2.09. The van der Waals surface area contributed by atoms with Crippen molar-refractivity contribution in [3.05, 3.63) is 47.5 Å². The van der Waals surface area contributed by atoms with Crippen LogP contribution >= 0.6 is 0 Å². The lowest BCUT2D eigenvalue weighted by molar-refractivity contribution is 0.112. The van der Waals surface area contributed by atoms with Crippen LogP contribution in [-0.4, -0.2) is 18.5 Å². The Morgan fingerprint density at radius 3 is 2.56 bits per heavy atom. The van der Waals surface area contributed by atoms with Crippen LogP contribution in [0.15, 0.2) is 36.4 Å². The zero-order valence-electron chi connectivity index (χ0n) is 10.3. The number of methoxy groups -OCH3 is 1. The largest absolute Gasteiger partial charge is 0.507 e. The van der Waals surface area contributed by atoms with Crippen molar-refractivity contribution in [1.82, 2.24) is 0 Å². The third-order valence-corrected chi connectivity index (χ3v) is 2.90. The summed E-state index contributed by atoms with van der Waals surface area (Å²) in [5.41, 5.74) is 3.26. The highest BCUT2D eigenvalue weighted by atomic mass is 16.5. The van der Waals surface area contributed by atoms with E-state index < -0.39 is 0 Å². The number of ether oxygens (including phenoxy) is 1. The van der Waals surface area contributed by atoms with E-state index in [-0.39, 0.29) is 5.75 Å². The molecule has 3 nitrogen and oxygen atoms in total. The van der Waals surface area contributed by atoms with Crippen molar-refractivity contribution in [2.75, 3.05) is 7.11 Å². The van der Waals surface area contributed by atoms with Crippen molar-refractivity contribution >= 4 is 6.29 Å². The number of hydrogen-bond donors (Lipinski definition) is 1. The molecule has 0 amide bonds. The first-order chi connectivity index (χ1) is 8.65. The Bertz CT molecular complexity index is 588. The summed E-state index contributed by atoms with van der Waals surface area (Å²) in [6.07, 6.45) is 0.650. The number of aryl methyl sites for hydroxylation is 1. The number of carbonyl (C=O) groups is 1. The Morgan fingerprint density at radius 1 is 1.17 bits per heavy atom. The number of aromatic hydroxyl groups is 1. The Labute approximate surface area is 106 Å². The summed E-state index contributed by atoms with van der Waals surface area (Å²) >= 11 is 0.